The fraction of sp³-hybridized carbons (Fsp3) is 0.111. The van der Waals surface area contributed by atoms with E-state index in [4.69, 9.17) is 27.9 Å². The first-order valence-corrected chi connectivity index (χ1v) is 11.8. The van der Waals surface area contributed by atoms with Crippen LogP contribution in [0.5, 0.6) is 5.75 Å². The van der Waals surface area contributed by atoms with E-state index in [0.29, 0.717) is 15.7 Å². The second-order valence-corrected chi connectivity index (χ2v) is 9.14. The van der Waals surface area contributed by atoms with Crippen LogP contribution in [0.1, 0.15) is 16.7 Å². The zero-order chi connectivity index (χ0) is 26.7. The van der Waals surface area contributed by atoms with Crippen molar-refractivity contribution in [1.29, 1.82) is 0 Å². The fourth-order valence-electron chi connectivity index (χ4n) is 3.60. The Kier molecular flexibility index (Phi) is 7.61. The van der Waals surface area contributed by atoms with Crippen LogP contribution >= 0.6 is 23.2 Å². The minimum atomic E-state index is -0.889. The van der Waals surface area contributed by atoms with Crippen LogP contribution in [-0.4, -0.2) is 30.4 Å². The van der Waals surface area contributed by atoms with E-state index >= 15 is 0 Å². The van der Waals surface area contributed by atoms with E-state index in [0.717, 1.165) is 16.0 Å². The number of amides is 5. The number of hydrogen-bond donors (Lipinski definition) is 2. The SMILES string of the molecule is Cc1ccc(C)c(NC(=O)COc2ccc(Cl)cc2/C=C2/C(=O)NC(=O)N(c3ccc(Cl)cc3)C2=O)c1. The maximum atomic E-state index is 13.2. The van der Waals surface area contributed by atoms with Gasteiger partial charge in [-0.15, -0.1) is 0 Å². The van der Waals surface area contributed by atoms with Crippen LogP contribution in [0.3, 0.4) is 0 Å². The van der Waals surface area contributed by atoms with Gasteiger partial charge in [0, 0.05) is 21.3 Å². The molecule has 0 aromatic heterocycles. The van der Waals surface area contributed by atoms with Crippen molar-refractivity contribution in [1.82, 2.24) is 5.32 Å². The van der Waals surface area contributed by atoms with Gasteiger partial charge in [0.1, 0.15) is 11.3 Å². The molecule has 3 aromatic carbocycles. The largest absolute Gasteiger partial charge is 0.483 e. The van der Waals surface area contributed by atoms with Crippen molar-refractivity contribution >= 4 is 64.4 Å². The molecular formula is C27H21Cl2N3O5. The van der Waals surface area contributed by atoms with Crippen molar-refractivity contribution < 1.29 is 23.9 Å². The van der Waals surface area contributed by atoms with Crippen molar-refractivity contribution in [2.45, 2.75) is 13.8 Å². The number of rotatable bonds is 6. The predicted octanol–water partition coefficient (Wildman–Crippen LogP) is 5.29. The summed E-state index contributed by atoms with van der Waals surface area (Å²) < 4.78 is 5.70. The summed E-state index contributed by atoms with van der Waals surface area (Å²) in [5.74, 6) is -1.90. The number of hydrogen-bond acceptors (Lipinski definition) is 5. The molecule has 0 saturated carbocycles. The standard InChI is InChI=1S/C27H21Cl2N3O5/c1-15-3-4-16(2)22(11-15)30-24(33)14-37-23-10-7-19(29)12-17(23)13-21-25(34)31-27(36)32(26(21)35)20-8-5-18(28)6-9-20/h3-13H,14H2,1-2H3,(H,30,33)(H,31,34,36)/b21-13-. The lowest BCUT2D eigenvalue weighted by atomic mass is 10.1. The highest BCUT2D eigenvalue weighted by Crippen LogP contribution is 2.28. The summed E-state index contributed by atoms with van der Waals surface area (Å²) >= 11 is 12.0. The van der Waals surface area contributed by atoms with Gasteiger partial charge >= 0.3 is 6.03 Å². The second kappa shape index (κ2) is 10.9. The second-order valence-electron chi connectivity index (χ2n) is 8.27. The number of benzene rings is 3. The van der Waals surface area contributed by atoms with Crippen LogP contribution in [0.4, 0.5) is 16.2 Å². The maximum absolute atomic E-state index is 13.2. The Hall–Kier alpha value is -4.14. The van der Waals surface area contributed by atoms with Gasteiger partial charge in [0.25, 0.3) is 17.7 Å². The molecule has 188 valence electrons. The Balaban J connectivity index is 1.58. The first-order valence-electron chi connectivity index (χ1n) is 11.1. The molecule has 1 saturated heterocycles. The zero-order valence-corrected chi connectivity index (χ0v) is 21.3. The molecule has 0 radical (unpaired) electrons. The number of carbonyl (C=O) groups is 4. The van der Waals surface area contributed by atoms with Crippen LogP contribution in [0.2, 0.25) is 10.0 Å². The minimum Gasteiger partial charge on any atom is -0.483 e. The van der Waals surface area contributed by atoms with Gasteiger partial charge in [0.2, 0.25) is 0 Å². The lowest BCUT2D eigenvalue weighted by Crippen LogP contribution is -2.54. The van der Waals surface area contributed by atoms with Gasteiger partial charge in [-0.3, -0.25) is 19.7 Å². The zero-order valence-electron chi connectivity index (χ0n) is 19.8. The Morgan fingerprint density at radius 2 is 1.68 bits per heavy atom. The van der Waals surface area contributed by atoms with Crippen LogP contribution in [0.15, 0.2) is 66.2 Å². The highest BCUT2D eigenvalue weighted by molar-refractivity contribution is 6.39. The highest BCUT2D eigenvalue weighted by atomic mass is 35.5. The van der Waals surface area contributed by atoms with Crippen molar-refractivity contribution in [2.24, 2.45) is 0 Å². The van der Waals surface area contributed by atoms with Crippen LogP contribution < -0.4 is 20.3 Å². The average Bonchev–Trinajstić information content (AvgIpc) is 2.84. The van der Waals surface area contributed by atoms with E-state index in [1.54, 1.807) is 6.07 Å². The normalized spacial score (nSPS) is 14.5. The molecule has 2 N–H and O–H groups in total. The number of nitrogens with one attached hydrogen (secondary N) is 2. The molecule has 0 atom stereocenters. The molecule has 4 rings (SSSR count). The van der Waals surface area contributed by atoms with E-state index in [-0.39, 0.29) is 29.2 Å². The van der Waals surface area contributed by atoms with Crippen molar-refractivity contribution in [3.63, 3.8) is 0 Å². The van der Waals surface area contributed by atoms with Gasteiger partial charge in [-0.25, -0.2) is 9.69 Å². The molecule has 5 amide bonds. The topological polar surface area (TPSA) is 105 Å². The number of carbonyl (C=O) groups excluding carboxylic acids is 4. The van der Waals surface area contributed by atoms with Crippen LogP contribution in [0.25, 0.3) is 6.08 Å². The Morgan fingerprint density at radius 3 is 2.41 bits per heavy atom. The summed E-state index contributed by atoms with van der Waals surface area (Å²) in [5, 5.41) is 5.69. The van der Waals surface area contributed by atoms with Gasteiger partial charge in [-0.2, -0.15) is 0 Å². The molecule has 1 aliphatic heterocycles. The first kappa shape index (κ1) is 25.9. The summed E-state index contributed by atoms with van der Waals surface area (Å²) in [4.78, 5) is 51.5. The molecule has 10 heteroatoms. The Labute approximate surface area is 222 Å². The summed E-state index contributed by atoms with van der Waals surface area (Å²) in [7, 11) is 0. The van der Waals surface area contributed by atoms with Gasteiger partial charge in [0.15, 0.2) is 6.61 Å². The maximum Gasteiger partial charge on any atom is 0.335 e. The Morgan fingerprint density at radius 1 is 0.973 bits per heavy atom. The lowest BCUT2D eigenvalue weighted by Gasteiger charge is -2.26. The third-order valence-electron chi connectivity index (χ3n) is 5.48. The van der Waals surface area contributed by atoms with Gasteiger partial charge < -0.3 is 10.1 Å². The quantitative estimate of drug-likeness (QED) is 0.328. The summed E-state index contributed by atoms with van der Waals surface area (Å²) in [6.07, 6.45) is 1.26. The molecule has 3 aromatic rings. The molecule has 1 heterocycles. The molecular weight excluding hydrogens is 517 g/mol. The molecule has 37 heavy (non-hydrogen) atoms. The van der Waals surface area contributed by atoms with Crippen molar-refractivity contribution in [3.05, 3.63) is 93.0 Å². The summed E-state index contributed by atoms with van der Waals surface area (Å²) in [6.45, 7) is 3.47. The van der Waals surface area contributed by atoms with E-state index in [2.05, 4.69) is 10.6 Å². The smallest absolute Gasteiger partial charge is 0.335 e. The van der Waals surface area contributed by atoms with Gasteiger partial charge in [-0.05, 0) is 79.6 Å². The molecule has 1 aliphatic rings. The molecule has 0 unspecified atom stereocenters. The molecule has 1 fully saturated rings. The lowest BCUT2D eigenvalue weighted by molar-refractivity contribution is -0.122. The van der Waals surface area contributed by atoms with Crippen LogP contribution in [-0.2, 0) is 14.4 Å². The number of barbiturate groups is 1. The summed E-state index contributed by atoms with van der Waals surface area (Å²) in [5.41, 5.74) is 2.75. The van der Waals surface area contributed by atoms with Crippen molar-refractivity contribution in [3.8, 4) is 5.75 Å². The number of ether oxygens (including phenoxy) is 1. The third-order valence-corrected chi connectivity index (χ3v) is 5.97. The molecule has 0 spiro atoms. The molecule has 0 bridgehead atoms. The van der Waals surface area contributed by atoms with Gasteiger partial charge in [0.05, 0.1) is 5.69 Å². The monoisotopic (exact) mass is 537 g/mol. The van der Waals surface area contributed by atoms with E-state index in [1.807, 2.05) is 32.0 Å². The fourth-order valence-corrected chi connectivity index (χ4v) is 3.91. The molecule has 0 aliphatic carbocycles. The minimum absolute atomic E-state index is 0.212. The number of aryl methyl sites for hydroxylation is 2. The third kappa shape index (κ3) is 5.99. The number of anilines is 2. The number of halogens is 2. The van der Waals surface area contributed by atoms with E-state index < -0.39 is 23.8 Å². The van der Waals surface area contributed by atoms with Gasteiger partial charge in [-0.1, -0.05) is 35.3 Å². The van der Waals surface area contributed by atoms with Crippen LogP contribution in [0, 0.1) is 13.8 Å². The Bertz CT molecular complexity index is 1450. The van der Waals surface area contributed by atoms with E-state index in [9.17, 15) is 19.2 Å². The first-order chi connectivity index (χ1) is 17.6. The number of nitrogens with zero attached hydrogens (tertiary/aromatic N) is 1. The molecule has 8 nitrogen and oxygen atoms in total. The average molecular weight is 538 g/mol. The van der Waals surface area contributed by atoms with E-state index in [1.165, 1.54) is 42.5 Å². The number of urea groups is 1. The summed E-state index contributed by atoms with van der Waals surface area (Å²) in [6, 6.07) is 15.4. The van der Waals surface area contributed by atoms with Crippen molar-refractivity contribution in [2.75, 3.05) is 16.8 Å². The predicted molar refractivity (Wildman–Crippen MR) is 142 cm³/mol. The number of imide groups is 2. The highest BCUT2D eigenvalue weighted by Gasteiger charge is 2.37.